The van der Waals surface area contributed by atoms with E-state index in [4.69, 9.17) is 0 Å². The number of carbonyl (C=O) groups excluding carboxylic acids is 1. The van der Waals surface area contributed by atoms with E-state index in [1.54, 1.807) is 18.4 Å². The summed E-state index contributed by atoms with van der Waals surface area (Å²) in [5, 5.41) is 8.17. The summed E-state index contributed by atoms with van der Waals surface area (Å²) in [7, 11) is 3.63. The highest BCUT2D eigenvalue weighted by Gasteiger charge is 2.13. The SMILES string of the molecule is CNC(=O)c1ccc(CN(C)c2nn3cc(-c4ccccc4)nc3s2)cc1. The number of carbonyl (C=O) groups is 1. The van der Waals surface area contributed by atoms with Crippen molar-refractivity contribution >= 4 is 27.3 Å². The Kier molecular flexibility index (Phi) is 4.60. The van der Waals surface area contributed by atoms with Crippen molar-refractivity contribution in [2.45, 2.75) is 6.54 Å². The van der Waals surface area contributed by atoms with Gasteiger partial charge in [0.25, 0.3) is 5.91 Å². The molecule has 0 aliphatic heterocycles. The molecule has 0 saturated carbocycles. The smallest absolute Gasteiger partial charge is 0.251 e. The first-order valence-electron chi connectivity index (χ1n) is 8.58. The number of hydrogen-bond acceptors (Lipinski definition) is 5. The summed E-state index contributed by atoms with van der Waals surface area (Å²) in [5.41, 5.74) is 3.78. The number of rotatable bonds is 5. The van der Waals surface area contributed by atoms with Gasteiger partial charge in [-0.2, -0.15) is 0 Å². The average Bonchev–Trinajstić information content (AvgIpc) is 3.28. The van der Waals surface area contributed by atoms with Gasteiger partial charge in [0, 0.05) is 31.8 Å². The molecule has 4 rings (SSSR count). The molecule has 0 fully saturated rings. The fourth-order valence-corrected chi connectivity index (χ4v) is 3.68. The lowest BCUT2D eigenvalue weighted by Crippen LogP contribution is -2.18. The quantitative estimate of drug-likeness (QED) is 0.579. The Morgan fingerprint density at radius 3 is 2.56 bits per heavy atom. The fraction of sp³-hybridized carbons (Fsp3) is 0.150. The molecule has 7 heteroatoms. The molecule has 0 aliphatic rings. The van der Waals surface area contributed by atoms with Crippen LogP contribution in [0.1, 0.15) is 15.9 Å². The highest BCUT2D eigenvalue weighted by atomic mass is 32.1. The Labute approximate surface area is 161 Å². The maximum Gasteiger partial charge on any atom is 0.251 e. The standard InChI is InChI=1S/C20H19N5OS/c1-21-18(26)16-10-8-14(9-11-16)12-24(2)20-23-25-13-17(22-19(25)27-20)15-6-4-3-5-7-15/h3-11,13H,12H2,1-2H3,(H,21,26). The van der Waals surface area contributed by atoms with E-state index in [0.29, 0.717) is 12.1 Å². The molecule has 0 atom stereocenters. The summed E-state index contributed by atoms with van der Waals surface area (Å²) in [4.78, 5) is 19.3. The van der Waals surface area contributed by atoms with E-state index >= 15 is 0 Å². The van der Waals surface area contributed by atoms with Crippen LogP contribution in [0.4, 0.5) is 5.13 Å². The lowest BCUT2D eigenvalue weighted by molar-refractivity contribution is 0.0963. The van der Waals surface area contributed by atoms with Crippen LogP contribution in [0.2, 0.25) is 0 Å². The van der Waals surface area contributed by atoms with Crippen LogP contribution in [-0.4, -0.2) is 34.6 Å². The topological polar surface area (TPSA) is 62.5 Å². The third-order valence-electron chi connectivity index (χ3n) is 4.29. The molecule has 6 nitrogen and oxygen atoms in total. The molecule has 0 bridgehead atoms. The second kappa shape index (κ2) is 7.20. The zero-order valence-corrected chi connectivity index (χ0v) is 15.9. The van der Waals surface area contributed by atoms with Crippen LogP contribution in [0.3, 0.4) is 0 Å². The van der Waals surface area contributed by atoms with Crippen LogP contribution < -0.4 is 10.2 Å². The van der Waals surface area contributed by atoms with E-state index in [1.807, 2.05) is 72.4 Å². The van der Waals surface area contributed by atoms with Crippen molar-refractivity contribution in [2.75, 3.05) is 19.0 Å². The van der Waals surface area contributed by atoms with Crippen molar-refractivity contribution in [3.05, 3.63) is 71.9 Å². The van der Waals surface area contributed by atoms with Crippen LogP contribution >= 0.6 is 11.3 Å². The normalized spacial score (nSPS) is 10.9. The van der Waals surface area contributed by atoms with Gasteiger partial charge in [0.1, 0.15) is 0 Å². The van der Waals surface area contributed by atoms with Gasteiger partial charge < -0.3 is 10.2 Å². The van der Waals surface area contributed by atoms with Crippen molar-refractivity contribution in [1.29, 1.82) is 0 Å². The number of fused-ring (bicyclic) bond motifs is 1. The number of nitrogens with zero attached hydrogens (tertiary/aromatic N) is 4. The molecular weight excluding hydrogens is 358 g/mol. The first kappa shape index (κ1) is 17.2. The Hall–Kier alpha value is -3.19. The molecule has 4 aromatic rings. The molecule has 0 spiro atoms. The van der Waals surface area contributed by atoms with Gasteiger partial charge in [-0.3, -0.25) is 4.79 Å². The van der Waals surface area contributed by atoms with Crippen LogP contribution in [0.5, 0.6) is 0 Å². The number of amides is 1. The Morgan fingerprint density at radius 1 is 1.15 bits per heavy atom. The van der Waals surface area contributed by atoms with Crippen molar-refractivity contribution in [3.63, 3.8) is 0 Å². The van der Waals surface area contributed by atoms with Crippen molar-refractivity contribution in [2.24, 2.45) is 0 Å². The summed E-state index contributed by atoms with van der Waals surface area (Å²) in [5.74, 6) is -0.0785. The van der Waals surface area contributed by atoms with Crippen molar-refractivity contribution in [3.8, 4) is 11.3 Å². The van der Waals surface area contributed by atoms with E-state index in [0.717, 1.165) is 26.9 Å². The summed E-state index contributed by atoms with van der Waals surface area (Å²) in [6.07, 6.45) is 1.96. The third-order valence-corrected chi connectivity index (χ3v) is 5.33. The minimum atomic E-state index is -0.0785. The van der Waals surface area contributed by atoms with Crippen LogP contribution in [0, 0.1) is 0 Å². The molecule has 0 radical (unpaired) electrons. The number of benzene rings is 2. The largest absolute Gasteiger partial charge is 0.355 e. The molecule has 0 unspecified atom stereocenters. The minimum absolute atomic E-state index is 0.0785. The lowest BCUT2D eigenvalue weighted by Gasteiger charge is -2.15. The Bertz CT molecular complexity index is 1040. The molecule has 0 saturated heterocycles. The first-order valence-corrected chi connectivity index (χ1v) is 9.39. The van der Waals surface area contributed by atoms with E-state index in [-0.39, 0.29) is 5.91 Å². The van der Waals surface area contributed by atoms with Gasteiger partial charge in [-0.05, 0) is 17.7 Å². The average molecular weight is 377 g/mol. The van der Waals surface area contributed by atoms with Gasteiger partial charge in [-0.1, -0.05) is 53.8 Å². The lowest BCUT2D eigenvalue weighted by atomic mass is 10.1. The number of anilines is 1. The van der Waals surface area contributed by atoms with E-state index in [9.17, 15) is 4.79 Å². The highest BCUT2D eigenvalue weighted by molar-refractivity contribution is 7.20. The summed E-state index contributed by atoms with van der Waals surface area (Å²) in [6, 6.07) is 17.7. The van der Waals surface area contributed by atoms with E-state index in [2.05, 4.69) is 20.3 Å². The minimum Gasteiger partial charge on any atom is -0.355 e. The zero-order valence-electron chi connectivity index (χ0n) is 15.1. The Morgan fingerprint density at radius 2 is 1.89 bits per heavy atom. The number of imidazole rings is 1. The van der Waals surface area contributed by atoms with Crippen molar-refractivity contribution in [1.82, 2.24) is 19.9 Å². The highest BCUT2D eigenvalue weighted by Crippen LogP contribution is 2.26. The van der Waals surface area contributed by atoms with E-state index in [1.165, 1.54) is 0 Å². The van der Waals surface area contributed by atoms with Gasteiger partial charge in [0.05, 0.1) is 11.9 Å². The second-order valence-corrected chi connectivity index (χ2v) is 7.17. The predicted octanol–water partition coefficient (Wildman–Crippen LogP) is 3.45. The summed E-state index contributed by atoms with van der Waals surface area (Å²) in [6.45, 7) is 0.705. The van der Waals surface area contributed by atoms with E-state index < -0.39 is 0 Å². The molecule has 136 valence electrons. The first-order chi connectivity index (χ1) is 13.1. The molecule has 1 N–H and O–H groups in total. The second-order valence-electron chi connectivity index (χ2n) is 6.24. The number of aromatic nitrogens is 3. The van der Waals surface area contributed by atoms with Crippen LogP contribution in [-0.2, 0) is 6.54 Å². The molecule has 2 aromatic heterocycles. The van der Waals surface area contributed by atoms with Gasteiger partial charge in [-0.25, -0.2) is 9.50 Å². The molecule has 0 aliphatic carbocycles. The molecular formula is C20H19N5OS. The molecule has 2 heterocycles. The van der Waals surface area contributed by atoms with Gasteiger partial charge in [-0.15, -0.1) is 5.10 Å². The fourth-order valence-electron chi connectivity index (χ4n) is 2.84. The van der Waals surface area contributed by atoms with Gasteiger partial charge in [0.15, 0.2) is 0 Å². The maximum atomic E-state index is 11.6. The summed E-state index contributed by atoms with van der Waals surface area (Å²) >= 11 is 1.55. The van der Waals surface area contributed by atoms with Gasteiger partial charge >= 0.3 is 0 Å². The number of hydrogen-bond donors (Lipinski definition) is 1. The molecule has 27 heavy (non-hydrogen) atoms. The van der Waals surface area contributed by atoms with Crippen LogP contribution in [0.15, 0.2) is 60.8 Å². The predicted molar refractivity (Wildman–Crippen MR) is 108 cm³/mol. The monoisotopic (exact) mass is 377 g/mol. The maximum absolute atomic E-state index is 11.6. The molecule has 1 amide bonds. The third kappa shape index (κ3) is 3.54. The van der Waals surface area contributed by atoms with Crippen molar-refractivity contribution < 1.29 is 4.79 Å². The summed E-state index contributed by atoms with van der Waals surface area (Å²) < 4.78 is 1.83. The Balaban J connectivity index is 1.50. The van der Waals surface area contributed by atoms with Gasteiger partial charge in [0.2, 0.25) is 10.1 Å². The van der Waals surface area contributed by atoms with Crippen LogP contribution in [0.25, 0.3) is 16.2 Å². The molecule has 2 aromatic carbocycles. The number of nitrogens with one attached hydrogen (secondary N) is 1. The zero-order chi connectivity index (χ0) is 18.8.